The smallest absolute Gasteiger partial charge is 0.359 e. The highest BCUT2D eigenvalue weighted by atomic mass is 16.7. The molecule has 5 nitrogen and oxygen atoms in total. The Labute approximate surface area is 101 Å². The van der Waals surface area contributed by atoms with Gasteiger partial charge in [0.05, 0.1) is 6.61 Å². The minimum atomic E-state index is -0.987. The number of carbonyl (C=O) groups excluding carboxylic acids is 1. The fourth-order valence-corrected chi connectivity index (χ4v) is 1.59. The molecule has 0 aromatic heterocycles. The SMILES string of the molecule is C=C(C)CCC[C@@H]1ON=C(C(=O)OCC)[C@H]1O. The van der Waals surface area contributed by atoms with Crippen LogP contribution in [0.25, 0.3) is 0 Å². The molecule has 1 N–H and O–H groups in total. The Bertz CT molecular complexity index is 324. The Morgan fingerprint density at radius 1 is 1.65 bits per heavy atom. The molecule has 0 aromatic carbocycles. The molecule has 0 saturated heterocycles. The maximum absolute atomic E-state index is 11.4. The number of rotatable bonds is 6. The number of aliphatic hydroxyl groups excluding tert-OH is 1. The van der Waals surface area contributed by atoms with Gasteiger partial charge in [0.2, 0.25) is 0 Å². The van der Waals surface area contributed by atoms with Crippen LogP contribution in [0.1, 0.15) is 33.1 Å². The number of nitrogens with zero attached hydrogens (tertiary/aromatic N) is 1. The predicted molar refractivity (Wildman–Crippen MR) is 63.6 cm³/mol. The number of esters is 1. The highest BCUT2D eigenvalue weighted by Gasteiger charge is 2.36. The van der Waals surface area contributed by atoms with Gasteiger partial charge in [-0.1, -0.05) is 10.7 Å². The maximum Gasteiger partial charge on any atom is 0.359 e. The maximum atomic E-state index is 11.4. The lowest BCUT2D eigenvalue weighted by Gasteiger charge is -2.12. The van der Waals surface area contributed by atoms with Crippen molar-refractivity contribution in [2.45, 2.75) is 45.3 Å². The van der Waals surface area contributed by atoms with Gasteiger partial charge in [0.1, 0.15) is 6.10 Å². The first kappa shape index (κ1) is 13.7. The number of aliphatic hydroxyl groups is 1. The summed E-state index contributed by atoms with van der Waals surface area (Å²) >= 11 is 0. The predicted octanol–water partition coefficient (Wildman–Crippen LogP) is 1.41. The summed E-state index contributed by atoms with van der Waals surface area (Å²) in [6, 6.07) is 0. The van der Waals surface area contributed by atoms with Crippen LogP contribution in [0.15, 0.2) is 17.3 Å². The third-order valence-corrected chi connectivity index (χ3v) is 2.50. The van der Waals surface area contributed by atoms with Gasteiger partial charge in [-0.2, -0.15) is 0 Å². The van der Waals surface area contributed by atoms with Crippen molar-refractivity contribution < 1.29 is 19.5 Å². The first-order valence-electron chi connectivity index (χ1n) is 5.79. The van der Waals surface area contributed by atoms with E-state index in [4.69, 9.17) is 9.57 Å². The fraction of sp³-hybridized carbons (Fsp3) is 0.667. The average molecular weight is 241 g/mol. The Balaban J connectivity index is 2.39. The molecule has 0 bridgehead atoms. The first-order valence-corrected chi connectivity index (χ1v) is 5.79. The normalized spacial score (nSPS) is 22.9. The quantitative estimate of drug-likeness (QED) is 0.564. The number of hydrogen-bond acceptors (Lipinski definition) is 5. The number of carbonyl (C=O) groups is 1. The molecule has 0 unspecified atom stereocenters. The van der Waals surface area contributed by atoms with E-state index < -0.39 is 18.2 Å². The van der Waals surface area contributed by atoms with Crippen LogP contribution in [-0.4, -0.2) is 35.6 Å². The molecule has 0 fully saturated rings. The van der Waals surface area contributed by atoms with Gasteiger partial charge in [-0.15, -0.1) is 6.58 Å². The summed E-state index contributed by atoms with van der Waals surface area (Å²) in [6.45, 7) is 7.70. The minimum absolute atomic E-state index is 0.0350. The van der Waals surface area contributed by atoms with Crippen LogP contribution >= 0.6 is 0 Å². The number of hydrogen-bond donors (Lipinski definition) is 1. The van der Waals surface area contributed by atoms with Crippen molar-refractivity contribution in [2.24, 2.45) is 5.16 Å². The third kappa shape index (κ3) is 3.85. The summed E-state index contributed by atoms with van der Waals surface area (Å²) in [7, 11) is 0. The van der Waals surface area contributed by atoms with E-state index in [0.29, 0.717) is 6.42 Å². The van der Waals surface area contributed by atoms with Crippen LogP contribution in [-0.2, 0) is 14.4 Å². The molecule has 17 heavy (non-hydrogen) atoms. The Hall–Kier alpha value is -1.36. The molecule has 0 amide bonds. The molecule has 1 aliphatic heterocycles. The number of oxime groups is 1. The molecule has 1 aliphatic rings. The first-order chi connectivity index (χ1) is 8.06. The topological polar surface area (TPSA) is 68.1 Å². The second-order valence-corrected chi connectivity index (χ2v) is 4.14. The van der Waals surface area contributed by atoms with E-state index in [1.165, 1.54) is 0 Å². The molecule has 0 radical (unpaired) electrons. The molecule has 2 atom stereocenters. The summed E-state index contributed by atoms with van der Waals surface area (Å²) in [6.07, 6.45) is 0.928. The van der Waals surface area contributed by atoms with Gasteiger partial charge in [-0.25, -0.2) is 4.79 Å². The van der Waals surface area contributed by atoms with E-state index in [1.54, 1.807) is 6.92 Å². The van der Waals surface area contributed by atoms with Crippen LogP contribution in [0.4, 0.5) is 0 Å². The molecular weight excluding hydrogens is 222 g/mol. The summed E-state index contributed by atoms with van der Waals surface area (Å²) in [4.78, 5) is 16.4. The van der Waals surface area contributed by atoms with Crippen molar-refractivity contribution >= 4 is 11.7 Å². The Morgan fingerprint density at radius 3 is 2.94 bits per heavy atom. The van der Waals surface area contributed by atoms with Crippen LogP contribution in [0, 0.1) is 0 Å². The summed E-state index contributed by atoms with van der Waals surface area (Å²) in [5, 5.41) is 13.4. The van der Waals surface area contributed by atoms with Gasteiger partial charge in [0.15, 0.2) is 11.8 Å². The second kappa shape index (κ2) is 6.39. The Morgan fingerprint density at radius 2 is 2.35 bits per heavy atom. The molecule has 96 valence electrons. The molecular formula is C12H19NO4. The van der Waals surface area contributed by atoms with E-state index >= 15 is 0 Å². The third-order valence-electron chi connectivity index (χ3n) is 2.50. The van der Waals surface area contributed by atoms with Gasteiger partial charge >= 0.3 is 5.97 Å². The van der Waals surface area contributed by atoms with Crippen molar-refractivity contribution in [2.75, 3.05) is 6.61 Å². The van der Waals surface area contributed by atoms with Gasteiger partial charge in [0, 0.05) is 0 Å². The van der Waals surface area contributed by atoms with E-state index in [-0.39, 0.29) is 12.3 Å². The summed E-state index contributed by atoms with van der Waals surface area (Å²) < 4.78 is 4.76. The highest BCUT2D eigenvalue weighted by molar-refractivity contribution is 6.38. The number of allylic oxidation sites excluding steroid dienone is 1. The molecule has 1 rings (SSSR count). The lowest BCUT2D eigenvalue weighted by Crippen LogP contribution is -2.34. The lowest BCUT2D eigenvalue weighted by atomic mass is 10.0. The number of ether oxygens (including phenoxy) is 1. The van der Waals surface area contributed by atoms with Gasteiger partial charge in [-0.3, -0.25) is 0 Å². The molecule has 0 spiro atoms. The summed E-state index contributed by atoms with van der Waals surface area (Å²) in [5.74, 6) is -0.609. The molecule has 0 aromatic rings. The molecule has 0 aliphatic carbocycles. The van der Waals surface area contributed by atoms with Gasteiger partial charge in [-0.05, 0) is 33.1 Å². The van der Waals surface area contributed by atoms with E-state index in [2.05, 4.69) is 11.7 Å². The second-order valence-electron chi connectivity index (χ2n) is 4.14. The zero-order chi connectivity index (χ0) is 12.8. The largest absolute Gasteiger partial charge is 0.461 e. The summed E-state index contributed by atoms with van der Waals surface area (Å²) in [5.41, 5.74) is 1.05. The standard InChI is InChI=1S/C12H19NO4/c1-4-16-12(15)10-11(14)9(17-13-10)7-5-6-8(2)3/h9,11,14H,2,4-7H2,1,3H3/t9-,11-/m0/s1. The lowest BCUT2D eigenvalue weighted by molar-refractivity contribution is -0.135. The average Bonchev–Trinajstić information content (AvgIpc) is 2.60. The molecule has 1 heterocycles. The van der Waals surface area contributed by atoms with E-state index in [9.17, 15) is 9.90 Å². The van der Waals surface area contributed by atoms with Crippen molar-refractivity contribution in [3.63, 3.8) is 0 Å². The Kier molecular flexibility index (Phi) is 5.15. The van der Waals surface area contributed by atoms with Crippen molar-refractivity contribution in [3.05, 3.63) is 12.2 Å². The van der Waals surface area contributed by atoms with E-state index in [0.717, 1.165) is 18.4 Å². The van der Waals surface area contributed by atoms with Crippen LogP contribution in [0.2, 0.25) is 0 Å². The zero-order valence-corrected chi connectivity index (χ0v) is 10.3. The van der Waals surface area contributed by atoms with Crippen molar-refractivity contribution in [1.82, 2.24) is 0 Å². The van der Waals surface area contributed by atoms with E-state index in [1.807, 2.05) is 6.92 Å². The van der Waals surface area contributed by atoms with Crippen molar-refractivity contribution in [1.29, 1.82) is 0 Å². The monoisotopic (exact) mass is 241 g/mol. The molecule has 0 saturated carbocycles. The van der Waals surface area contributed by atoms with Crippen LogP contribution < -0.4 is 0 Å². The fourth-order valence-electron chi connectivity index (χ4n) is 1.59. The van der Waals surface area contributed by atoms with Crippen molar-refractivity contribution in [3.8, 4) is 0 Å². The van der Waals surface area contributed by atoms with Crippen LogP contribution in [0.5, 0.6) is 0 Å². The van der Waals surface area contributed by atoms with Crippen LogP contribution in [0.3, 0.4) is 0 Å². The highest BCUT2D eigenvalue weighted by Crippen LogP contribution is 2.19. The van der Waals surface area contributed by atoms with Gasteiger partial charge in [0.25, 0.3) is 0 Å². The minimum Gasteiger partial charge on any atom is -0.461 e. The van der Waals surface area contributed by atoms with Gasteiger partial charge < -0.3 is 14.7 Å². The zero-order valence-electron chi connectivity index (χ0n) is 10.3. The molecule has 5 heteroatoms.